The molecule has 10 nitrogen and oxygen atoms in total. The van der Waals surface area contributed by atoms with Gasteiger partial charge in [-0.05, 0) is 49.4 Å². The third-order valence-electron chi connectivity index (χ3n) is 6.18. The third kappa shape index (κ3) is 7.35. The van der Waals surface area contributed by atoms with Gasteiger partial charge in [0.2, 0.25) is 26.0 Å². The number of ether oxygens (including phenoxy) is 1. The number of hydrogen-bond acceptors (Lipinski definition) is 7. The molecule has 0 fully saturated rings. The molecule has 2 aromatic rings. The number of anilines is 1. The average molecular weight is 574 g/mol. The van der Waals surface area contributed by atoms with Gasteiger partial charge in [0.05, 0.1) is 36.8 Å². The Morgan fingerprint density at radius 3 is 2.43 bits per heavy atom. The molecular weight excluding hydrogens is 542 g/mol. The Hall–Kier alpha value is -2.38. The van der Waals surface area contributed by atoms with Gasteiger partial charge in [0.15, 0.2) is 0 Å². The van der Waals surface area contributed by atoms with Crippen LogP contribution in [0.25, 0.3) is 0 Å². The van der Waals surface area contributed by atoms with Crippen molar-refractivity contribution in [2.24, 2.45) is 5.92 Å². The smallest absolute Gasteiger partial charge is 0.242 e. The van der Waals surface area contributed by atoms with Gasteiger partial charge in [-0.25, -0.2) is 16.8 Å². The first-order valence-electron chi connectivity index (χ1n) is 11.6. The number of fused-ring (bicyclic) bond motifs is 1. The lowest BCUT2D eigenvalue weighted by Crippen LogP contribution is -2.48. The van der Waals surface area contributed by atoms with Crippen LogP contribution < -0.4 is 9.46 Å². The second-order valence-corrected chi connectivity index (χ2v) is 13.6. The first-order valence-corrected chi connectivity index (χ1v) is 15.3. The SMILES string of the molecule is C[C@H](CO)N1C[C@H](C)[C@H](CN(C)S(=O)(=O)c2ccc(Cl)cc2)Oc2ccc(NS(C)(=O)=O)cc2CC1=O. The zero-order chi connectivity index (χ0) is 27.5. The third-order valence-corrected chi connectivity index (χ3v) is 8.87. The van der Waals surface area contributed by atoms with E-state index in [1.165, 1.54) is 47.8 Å². The molecule has 3 atom stereocenters. The minimum Gasteiger partial charge on any atom is -0.488 e. The number of halogens is 1. The number of hydrogen-bond donors (Lipinski definition) is 2. The van der Waals surface area contributed by atoms with Gasteiger partial charge in [-0.3, -0.25) is 9.52 Å². The van der Waals surface area contributed by atoms with Crippen LogP contribution in [-0.4, -0.2) is 82.2 Å². The number of likely N-dealkylation sites (N-methyl/N-ethyl adjacent to an activating group) is 1. The number of rotatable bonds is 8. The predicted octanol–water partition coefficient (Wildman–Crippen LogP) is 2.18. The highest BCUT2D eigenvalue weighted by molar-refractivity contribution is 7.92. The Kier molecular flexibility index (Phi) is 9.12. The summed E-state index contributed by atoms with van der Waals surface area (Å²) in [4.78, 5) is 14.9. The average Bonchev–Trinajstić information content (AvgIpc) is 2.85. The molecule has 0 aliphatic carbocycles. The molecule has 0 bridgehead atoms. The van der Waals surface area contributed by atoms with E-state index in [4.69, 9.17) is 16.3 Å². The molecule has 37 heavy (non-hydrogen) atoms. The largest absolute Gasteiger partial charge is 0.488 e. The molecule has 1 heterocycles. The summed E-state index contributed by atoms with van der Waals surface area (Å²) in [6.45, 7) is 3.52. The molecule has 0 aromatic heterocycles. The lowest BCUT2D eigenvalue weighted by Gasteiger charge is -2.33. The molecule has 0 saturated carbocycles. The van der Waals surface area contributed by atoms with Crippen molar-refractivity contribution < 1.29 is 31.5 Å². The Morgan fingerprint density at radius 1 is 1.19 bits per heavy atom. The molecule has 0 saturated heterocycles. The normalized spacial score (nSPS) is 19.9. The lowest BCUT2D eigenvalue weighted by atomic mass is 10.0. The Morgan fingerprint density at radius 2 is 1.84 bits per heavy atom. The summed E-state index contributed by atoms with van der Waals surface area (Å²) in [5.74, 6) is -0.238. The molecule has 0 spiro atoms. The van der Waals surface area contributed by atoms with Gasteiger partial charge in [0, 0.05) is 35.8 Å². The van der Waals surface area contributed by atoms with Gasteiger partial charge in [0.1, 0.15) is 11.9 Å². The molecule has 204 valence electrons. The molecule has 0 unspecified atom stereocenters. The monoisotopic (exact) mass is 573 g/mol. The zero-order valence-corrected chi connectivity index (χ0v) is 23.5. The maximum atomic E-state index is 13.2. The minimum absolute atomic E-state index is 0.0234. The van der Waals surface area contributed by atoms with Crippen LogP contribution in [0.15, 0.2) is 47.4 Å². The number of aliphatic hydroxyl groups excluding tert-OH is 1. The maximum absolute atomic E-state index is 13.2. The number of nitrogens with zero attached hydrogens (tertiary/aromatic N) is 2. The fourth-order valence-electron chi connectivity index (χ4n) is 4.06. The van der Waals surface area contributed by atoms with E-state index in [9.17, 15) is 26.7 Å². The Bertz CT molecular complexity index is 1330. The van der Waals surface area contributed by atoms with Gasteiger partial charge in [-0.1, -0.05) is 18.5 Å². The highest BCUT2D eigenvalue weighted by Gasteiger charge is 2.33. The summed E-state index contributed by atoms with van der Waals surface area (Å²) in [5, 5.41) is 10.2. The van der Waals surface area contributed by atoms with Crippen molar-refractivity contribution in [2.75, 3.05) is 37.7 Å². The van der Waals surface area contributed by atoms with Crippen LogP contribution in [0.5, 0.6) is 5.75 Å². The molecule has 2 N–H and O–H groups in total. The van der Waals surface area contributed by atoms with Crippen LogP contribution in [0.2, 0.25) is 5.02 Å². The topological polar surface area (TPSA) is 133 Å². The van der Waals surface area contributed by atoms with E-state index < -0.39 is 32.2 Å². The second kappa shape index (κ2) is 11.6. The summed E-state index contributed by atoms with van der Waals surface area (Å²) in [7, 11) is -5.96. The van der Waals surface area contributed by atoms with Crippen molar-refractivity contribution in [1.29, 1.82) is 0 Å². The minimum atomic E-state index is -3.86. The van der Waals surface area contributed by atoms with E-state index in [0.717, 1.165) is 6.26 Å². The number of aliphatic hydroxyl groups is 1. The number of benzene rings is 2. The van der Waals surface area contributed by atoms with Crippen LogP contribution >= 0.6 is 11.6 Å². The van der Waals surface area contributed by atoms with Crippen LogP contribution in [-0.2, 0) is 31.3 Å². The molecule has 0 radical (unpaired) electrons. The van der Waals surface area contributed by atoms with E-state index in [-0.39, 0.29) is 48.5 Å². The first-order chi connectivity index (χ1) is 17.2. The molecule has 13 heteroatoms. The highest BCUT2D eigenvalue weighted by Crippen LogP contribution is 2.30. The Labute approximate surface area is 223 Å². The fraction of sp³-hybridized carbons (Fsp3) is 0.458. The van der Waals surface area contributed by atoms with Crippen LogP contribution in [0.1, 0.15) is 19.4 Å². The molecule has 1 aliphatic heterocycles. The fourth-order valence-corrected chi connectivity index (χ4v) is 5.93. The van der Waals surface area contributed by atoms with Gasteiger partial charge in [-0.15, -0.1) is 0 Å². The summed E-state index contributed by atoms with van der Waals surface area (Å²) in [6.07, 6.45) is 0.270. The number of sulfonamides is 2. The van der Waals surface area contributed by atoms with E-state index in [1.807, 2.05) is 6.92 Å². The van der Waals surface area contributed by atoms with Crippen molar-refractivity contribution in [2.45, 2.75) is 37.3 Å². The van der Waals surface area contributed by atoms with Gasteiger partial charge in [-0.2, -0.15) is 4.31 Å². The predicted molar refractivity (Wildman–Crippen MR) is 142 cm³/mol. The summed E-state index contributed by atoms with van der Waals surface area (Å²) >= 11 is 5.91. The van der Waals surface area contributed by atoms with Crippen molar-refractivity contribution in [3.05, 3.63) is 53.1 Å². The lowest BCUT2D eigenvalue weighted by molar-refractivity contribution is -0.134. The van der Waals surface area contributed by atoms with Gasteiger partial charge in [0.25, 0.3) is 0 Å². The molecule has 3 rings (SSSR count). The van der Waals surface area contributed by atoms with Crippen LogP contribution in [0.4, 0.5) is 5.69 Å². The molecular formula is C24H32ClN3O7S2. The zero-order valence-electron chi connectivity index (χ0n) is 21.1. The van der Waals surface area contributed by atoms with E-state index >= 15 is 0 Å². The van der Waals surface area contributed by atoms with Crippen LogP contribution in [0.3, 0.4) is 0 Å². The van der Waals surface area contributed by atoms with E-state index in [0.29, 0.717) is 16.3 Å². The quantitative estimate of drug-likeness (QED) is 0.494. The van der Waals surface area contributed by atoms with Crippen molar-refractivity contribution in [3.63, 3.8) is 0 Å². The second-order valence-electron chi connectivity index (χ2n) is 9.32. The molecule has 1 amide bonds. The number of nitrogens with one attached hydrogen (secondary N) is 1. The standard InChI is InChI=1S/C24H32ClN3O7S2/c1-16-13-28(17(2)15-29)24(30)12-18-11-20(26-36(4,31)32)7-10-22(18)35-23(16)14-27(3)37(33,34)21-8-5-19(25)6-9-21/h5-11,16-17,23,26,29H,12-15H2,1-4H3/t16-,17+,23-/m0/s1. The van der Waals surface area contributed by atoms with Crippen molar-refractivity contribution in [3.8, 4) is 5.75 Å². The van der Waals surface area contributed by atoms with Crippen LogP contribution in [0, 0.1) is 5.92 Å². The number of carbonyl (C=O) groups excluding carboxylic acids is 1. The highest BCUT2D eigenvalue weighted by atomic mass is 35.5. The summed E-state index contributed by atoms with van der Waals surface area (Å²) < 4.78 is 59.7. The Balaban J connectivity index is 1.99. The van der Waals surface area contributed by atoms with Gasteiger partial charge < -0.3 is 14.7 Å². The van der Waals surface area contributed by atoms with E-state index in [2.05, 4.69) is 4.72 Å². The number of carbonyl (C=O) groups is 1. The first kappa shape index (κ1) is 29.2. The summed E-state index contributed by atoms with van der Waals surface area (Å²) in [6, 6.07) is 9.98. The molecule has 1 aliphatic rings. The maximum Gasteiger partial charge on any atom is 0.242 e. The number of amides is 1. The van der Waals surface area contributed by atoms with Crippen molar-refractivity contribution in [1.82, 2.24) is 9.21 Å². The van der Waals surface area contributed by atoms with Gasteiger partial charge >= 0.3 is 0 Å². The van der Waals surface area contributed by atoms with E-state index in [1.54, 1.807) is 17.9 Å². The molecule has 2 aromatic carbocycles. The van der Waals surface area contributed by atoms with Crippen molar-refractivity contribution >= 4 is 43.2 Å². The summed E-state index contributed by atoms with van der Waals surface area (Å²) in [5.41, 5.74) is 0.710.